The van der Waals surface area contributed by atoms with E-state index in [-0.39, 0.29) is 0 Å². The number of fused-ring (bicyclic) bond motifs is 1. The molecule has 0 saturated heterocycles. The van der Waals surface area contributed by atoms with Crippen LogP contribution in [0.2, 0.25) is 0 Å². The maximum Gasteiger partial charge on any atom is 0.0230 e. The van der Waals surface area contributed by atoms with Gasteiger partial charge in [0.15, 0.2) is 0 Å². The Balaban J connectivity index is 1.97. The maximum atomic E-state index is 4.26. The third-order valence-corrected chi connectivity index (χ3v) is 4.64. The molecule has 0 aliphatic carbocycles. The fraction of sp³-hybridized carbons (Fsp3) is 0.571. The second-order valence-corrected chi connectivity index (χ2v) is 6.29. The summed E-state index contributed by atoms with van der Waals surface area (Å²) in [6, 6.07) is 6.99. The van der Waals surface area contributed by atoms with Crippen molar-refractivity contribution in [1.82, 2.24) is 4.90 Å². The molecule has 0 unspecified atom stereocenters. The first kappa shape index (κ1) is 13.3. The molecule has 0 fully saturated rings. The zero-order valence-corrected chi connectivity index (χ0v) is 12.2. The summed E-state index contributed by atoms with van der Waals surface area (Å²) in [5, 5.41) is 0. The van der Waals surface area contributed by atoms with Crippen LogP contribution in [0, 0.1) is 0 Å². The van der Waals surface area contributed by atoms with Gasteiger partial charge in [-0.1, -0.05) is 12.1 Å². The van der Waals surface area contributed by atoms with E-state index in [1.54, 1.807) is 5.56 Å². The van der Waals surface area contributed by atoms with Crippen molar-refractivity contribution < 1.29 is 0 Å². The predicted molar refractivity (Wildman–Crippen MR) is 80.3 cm³/mol. The Morgan fingerprint density at radius 3 is 3.12 bits per heavy atom. The number of aryl methyl sites for hydroxylation is 1. The van der Waals surface area contributed by atoms with Gasteiger partial charge in [-0.15, -0.1) is 11.8 Å². The van der Waals surface area contributed by atoms with E-state index in [1.165, 1.54) is 35.5 Å². The molecule has 0 atom stereocenters. The molecule has 1 heterocycles. The van der Waals surface area contributed by atoms with E-state index in [2.05, 4.69) is 42.8 Å². The molecule has 2 rings (SSSR count). The average molecular weight is 267 g/mol. The molecule has 1 aliphatic heterocycles. The molecule has 0 bridgehead atoms. The van der Waals surface area contributed by atoms with Crippen molar-refractivity contribution in [3.05, 3.63) is 29.3 Å². The third-order valence-electron chi connectivity index (χ3n) is 3.12. The highest BCUT2D eigenvalue weighted by Crippen LogP contribution is 2.30. The fourth-order valence-corrected chi connectivity index (χ4v) is 3.40. The third kappa shape index (κ3) is 3.94. The largest absolute Gasteiger partial charge is 0.302 e. The van der Waals surface area contributed by atoms with Crippen molar-refractivity contribution in [2.24, 2.45) is 0 Å². The van der Waals surface area contributed by atoms with Gasteiger partial charge in [0.1, 0.15) is 0 Å². The molecular weight excluding hydrogens is 246 g/mol. The number of thiol groups is 1. The minimum Gasteiger partial charge on any atom is -0.302 e. The van der Waals surface area contributed by atoms with Gasteiger partial charge in [-0.2, -0.15) is 12.6 Å². The lowest BCUT2D eigenvalue weighted by atomic mass is 10.1. The first-order valence-corrected chi connectivity index (χ1v) is 7.95. The van der Waals surface area contributed by atoms with Gasteiger partial charge in [0.25, 0.3) is 0 Å². The molecule has 1 nitrogen and oxygen atoms in total. The minimum atomic E-state index is 0.977. The predicted octanol–water partition coefficient (Wildman–Crippen LogP) is 3.48. The van der Waals surface area contributed by atoms with Gasteiger partial charge in [0.2, 0.25) is 0 Å². The highest BCUT2D eigenvalue weighted by molar-refractivity contribution is 7.99. The zero-order chi connectivity index (χ0) is 12.1. The van der Waals surface area contributed by atoms with E-state index in [0.29, 0.717) is 0 Å². The molecule has 1 aromatic carbocycles. The first-order valence-electron chi connectivity index (χ1n) is 6.33. The van der Waals surface area contributed by atoms with Gasteiger partial charge in [-0.05, 0) is 61.6 Å². The van der Waals surface area contributed by atoms with E-state index in [1.807, 2.05) is 11.8 Å². The van der Waals surface area contributed by atoms with Crippen LogP contribution in [0.4, 0.5) is 0 Å². The molecular formula is C14H21NS2. The smallest absolute Gasteiger partial charge is 0.0230 e. The van der Waals surface area contributed by atoms with E-state index < -0.39 is 0 Å². The Morgan fingerprint density at radius 2 is 2.29 bits per heavy atom. The van der Waals surface area contributed by atoms with Gasteiger partial charge in [-0.3, -0.25) is 0 Å². The number of hydrogen-bond acceptors (Lipinski definition) is 3. The molecule has 1 aromatic rings. The van der Waals surface area contributed by atoms with Crippen molar-refractivity contribution in [2.45, 2.75) is 30.7 Å². The summed E-state index contributed by atoms with van der Waals surface area (Å²) < 4.78 is 0. The van der Waals surface area contributed by atoms with Crippen LogP contribution in [0.5, 0.6) is 0 Å². The molecule has 1 aliphatic rings. The van der Waals surface area contributed by atoms with Crippen LogP contribution < -0.4 is 0 Å². The quantitative estimate of drug-likeness (QED) is 0.814. The summed E-state index contributed by atoms with van der Waals surface area (Å²) in [6.07, 6.45) is 3.76. The van der Waals surface area contributed by atoms with Crippen LogP contribution in [-0.2, 0) is 13.0 Å². The van der Waals surface area contributed by atoms with Gasteiger partial charge in [0.05, 0.1) is 0 Å². The van der Waals surface area contributed by atoms with E-state index in [9.17, 15) is 0 Å². The molecule has 0 radical (unpaired) electrons. The van der Waals surface area contributed by atoms with Crippen LogP contribution >= 0.6 is 24.4 Å². The zero-order valence-electron chi connectivity index (χ0n) is 10.5. The lowest BCUT2D eigenvalue weighted by molar-refractivity contribution is 0.328. The first-order chi connectivity index (χ1) is 8.29. The number of hydrogen-bond donors (Lipinski definition) is 1. The van der Waals surface area contributed by atoms with Crippen molar-refractivity contribution >= 4 is 24.4 Å². The van der Waals surface area contributed by atoms with Crippen LogP contribution in [0.15, 0.2) is 23.1 Å². The van der Waals surface area contributed by atoms with Gasteiger partial charge in [0, 0.05) is 11.4 Å². The molecule has 3 heteroatoms. The molecule has 0 spiro atoms. The number of thioether (sulfide) groups is 1. The van der Waals surface area contributed by atoms with Crippen molar-refractivity contribution in [2.75, 3.05) is 25.1 Å². The lowest BCUT2D eigenvalue weighted by Gasteiger charge is -2.19. The highest BCUT2D eigenvalue weighted by atomic mass is 32.2. The second-order valence-electron chi connectivity index (χ2n) is 4.71. The van der Waals surface area contributed by atoms with Crippen LogP contribution in [0.1, 0.15) is 24.0 Å². The Labute approximate surface area is 114 Å². The molecule has 0 N–H and O–H groups in total. The second kappa shape index (κ2) is 6.72. The average Bonchev–Trinajstić information content (AvgIpc) is 2.36. The van der Waals surface area contributed by atoms with Crippen molar-refractivity contribution in [3.63, 3.8) is 0 Å². The summed E-state index contributed by atoms with van der Waals surface area (Å²) in [5.41, 5.74) is 3.01. The molecule has 94 valence electrons. The summed E-state index contributed by atoms with van der Waals surface area (Å²) in [4.78, 5) is 3.88. The molecule has 0 aromatic heterocycles. The van der Waals surface area contributed by atoms with Crippen molar-refractivity contribution in [3.8, 4) is 0 Å². The summed E-state index contributed by atoms with van der Waals surface area (Å²) in [5.74, 6) is 2.26. The highest BCUT2D eigenvalue weighted by Gasteiger charge is 2.10. The van der Waals surface area contributed by atoms with Gasteiger partial charge < -0.3 is 4.90 Å². The summed E-state index contributed by atoms with van der Waals surface area (Å²) in [6.45, 7) is 2.20. The Bertz CT molecular complexity index is 365. The van der Waals surface area contributed by atoms with E-state index >= 15 is 0 Å². The number of nitrogens with zero attached hydrogens (tertiary/aromatic N) is 1. The van der Waals surface area contributed by atoms with E-state index in [4.69, 9.17) is 0 Å². The Morgan fingerprint density at radius 1 is 1.41 bits per heavy atom. The molecule has 0 saturated carbocycles. The maximum absolute atomic E-state index is 4.26. The Hall–Kier alpha value is -0.120. The summed E-state index contributed by atoms with van der Waals surface area (Å²) in [7, 11) is 2.19. The topological polar surface area (TPSA) is 3.24 Å². The lowest BCUT2D eigenvalue weighted by Crippen LogP contribution is -2.19. The number of rotatable bonds is 5. The van der Waals surface area contributed by atoms with E-state index in [0.717, 1.165) is 18.8 Å². The van der Waals surface area contributed by atoms with Gasteiger partial charge >= 0.3 is 0 Å². The van der Waals surface area contributed by atoms with Crippen LogP contribution in [-0.4, -0.2) is 30.0 Å². The van der Waals surface area contributed by atoms with Gasteiger partial charge in [-0.25, -0.2) is 0 Å². The van der Waals surface area contributed by atoms with Crippen LogP contribution in [0.25, 0.3) is 0 Å². The molecule has 17 heavy (non-hydrogen) atoms. The monoisotopic (exact) mass is 267 g/mol. The van der Waals surface area contributed by atoms with Crippen LogP contribution in [0.3, 0.4) is 0 Å². The standard InChI is InChI=1S/C14H21NS2/c1-15(7-3-8-16)11-12-5-6-14-13(10-12)4-2-9-17-14/h5-6,10,16H,2-4,7-9,11H2,1H3. The number of benzene rings is 1. The summed E-state index contributed by atoms with van der Waals surface area (Å²) >= 11 is 6.26. The van der Waals surface area contributed by atoms with Crippen molar-refractivity contribution in [1.29, 1.82) is 0 Å². The normalized spacial score (nSPS) is 15.0. The minimum absolute atomic E-state index is 0.977. The SMILES string of the molecule is CN(CCCS)Cc1ccc2c(c1)CCCS2. The molecule has 0 amide bonds. The Kier molecular flexibility index (Phi) is 5.26. The fourth-order valence-electron chi connectivity index (χ4n) is 2.24.